The van der Waals surface area contributed by atoms with Crippen molar-refractivity contribution in [3.05, 3.63) is 64.6 Å². The molecule has 2 aromatic heterocycles. The van der Waals surface area contributed by atoms with Gasteiger partial charge in [-0.15, -0.1) is 11.3 Å². The molecule has 6 nitrogen and oxygen atoms in total. The van der Waals surface area contributed by atoms with Crippen LogP contribution in [0.5, 0.6) is 5.75 Å². The Balaban J connectivity index is 1.44. The second-order valence-electron chi connectivity index (χ2n) is 6.47. The van der Waals surface area contributed by atoms with Crippen molar-refractivity contribution in [3.8, 4) is 11.4 Å². The Hall–Kier alpha value is -2.64. The van der Waals surface area contributed by atoms with E-state index in [1.807, 2.05) is 35.2 Å². The molecule has 0 N–H and O–H groups in total. The van der Waals surface area contributed by atoms with Crippen LogP contribution >= 0.6 is 11.3 Å². The van der Waals surface area contributed by atoms with Gasteiger partial charge in [-0.25, -0.2) is 4.68 Å². The van der Waals surface area contributed by atoms with E-state index in [4.69, 9.17) is 4.74 Å². The molecule has 1 saturated heterocycles. The van der Waals surface area contributed by atoms with Crippen LogP contribution in [0.25, 0.3) is 5.69 Å². The maximum atomic E-state index is 13.0. The molecule has 0 radical (unpaired) electrons. The average molecular weight is 382 g/mol. The highest BCUT2D eigenvalue weighted by Crippen LogP contribution is 2.22. The molecule has 3 heterocycles. The van der Waals surface area contributed by atoms with E-state index < -0.39 is 0 Å². The first kappa shape index (κ1) is 17.8. The zero-order valence-corrected chi connectivity index (χ0v) is 16.1. The molecule has 4 rings (SSSR count). The highest BCUT2D eigenvalue weighted by Gasteiger charge is 2.27. The number of methoxy groups -OCH3 is 1. The van der Waals surface area contributed by atoms with E-state index >= 15 is 0 Å². The van der Waals surface area contributed by atoms with Crippen LogP contribution in [0.3, 0.4) is 0 Å². The van der Waals surface area contributed by atoms with Gasteiger partial charge in [0.15, 0.2) is 11.4 Å². The first-order valence-corrected chi connectivity index (χ1v) is 9.85. The van der Waals surface area contributed by atoms with Gasteiger partial charge < -0.3 is 9.64 Å². The predicted octanol–water partition coefficient (Wildman–Crippen LogP) is 2.90. The van der Waals surface area contributed by atoms with Crippen molar-refractivity contribution in [2.24, 2.45) is 0 Å². The minimum absolute atomic E-state index is 0.0719. The number of nitrogens with zero attached hydrogens (tertiary/aromatic N) is 4. The summed E-state index contributed by atoms with van der Waals surface area (Å²) in [6.07, 6.45) is 1.76. The van der Waals surface area contributed by atoms with Crippen LogP contribution in [0.2, 0.25) is 0 Å². The van der Waals surface area contributed by atoms with Crippen molar-refractivity contribution in [1.29, 1.82) is 0 Å². The third-order valence-corrected chi connectivity index (χ3v) is 5.60. The maximum absolute atomic E-state index is 13.0. The molecule has 0 unspecified atom stereocenters. The zero-order valence-electron chi connectivity index (χ0n) is 15.2. The summed E-state index contributed by atoms with van der Waals surface area (Å²) in [6, 6.07) is 14.0. The fourth-order valence-corrected chi connectivity index (χ4v) is 4.00. The molecular weight excluding hydrogens is 360 g/mol. The fraction of sp³-hybridized carbons (Fsp3) is 0.300. The summed E-state index contributed by atoms with van der Waals surface area (Å²) >= 11 is 1.77. The van der Waals surface area contributed by atoms with Crippen molar-refractivity contribution in [3.63, 3.8) is 0 Å². The monoisotopic (exact) mass is 382 g/mol. The zero-order chi connectivity index (χ0) is 18.6. The number of hydrogen-bond acceptors (Lipinski definition) is 5. The van der Waals surface area contributed by atoms with E-state index in [0.29, 0.717) is 24.5 Å². The molecule has 27 heavy (non-hydrogen) atoms. The largest absolute Gasteiger partial charge is 0.493 e. The van der Waals surface area contributed by atoms with Crippen LogP contribution in [0.4, 0.5) is 0 Å². The van der Waals surface area contributed by atoms with Crippen LogP contribution in [-0.2, 0) is 6.54 Å². The van der Waals surface area contributed by atoms with Crippen LogP contribution in [0.15, 0.2) is 54.0 Å². The summed E-state index contributed by atoms with van der Waals surface area (Å²) < 4.78 is 7.10. The number of carbonyl (C=O) groups excluding carboxylic acids is 1. The Labute approximate surface area is 162 Å². The van der Waals surface area contributed by atoms with Gasteiger partial charge in [0.2, 0.25) is 0 Å². The first-order chi connectivity index (χ1) is 13.2. The number of carbonyl (C=O) groups is 1. The normalized spacial score (nSPS) is 15.1. The number of amides is 1. The first-order valence-electron chi connectivity index (χ1n) is 8.97. The number of hydrogen-bond donors (Lipinski definition) is 0. The quantitative estimate of drug-likeness (QED) is 0.681. The van der Waals surface area contributed by atoms with E-state index in [1.165, 1.54) is 4.88 Å². The molecule has 140 valence electrons. The SMILES string of the molecule is COc1cn(-c2ccccc2)nc1C(=O)N1CCN(Cc2cccs2)CC1. The van der Waals surface area contributed by atoms with Crippen LogP contribution in [0.1, 0.15) is 15.4 Å². The average Bonchev–Trinajstić information content (AvgIpc) is 3.38. The molecule has 7 heteroatoms. The van der Waals surface area contributed by atoms with Crippen LogP contribution < -0.4 is 4.74 Å². The van der Waals surface area contributed by atoms with Crippen molar-refractivity contribution < 1.29 is 9.53 Å². The van der Waals surface area contributed by atoms with Crippen molar-refractivity contribution in [2.45, 2.75) is 6.54 Å². The summed E-state index contributed by atoms with van der Waals surface area (Å²) in [5, 5.41) is 6.60. The number of benzene rings is 1. The molecule has 1 aromatic carbocycles. The van der Waals surface area contributed by atoms with Crippen molar-refractivity contribution in [2.75, 3.05) is 33.3 Å². The number of para-hydroxylation sites is 1. The third kappa shape index (κ3) is 3.89. The van der Waals surface area contributed by atoms with Gasteiger partial charge in [-0.1, -0.05) is 24.3 Å². The molecule has 1 aliphatic rings. The van der Waals surface area contributed by atoms with Gasteiger partial charge in [-0.05, 0) is 23.6 Å². The molecular formula is C20H22N4O2S. The smallest absolute Gasteiger partial charge is 0.278 e. The van der Waals surface area contributed by atoms with Crippen molar-refractivity contribution >= 4 is 17.2 Å². The van der Waals surface area contributed by atoms with Gasteiger partial charge in [0.05, 0.1) is 19.0 Å². The Kier molecular flexibility index (Phi) is 5.22. The lowest BCUT2D eigenvalue weighted by Gasteiger charge is -2.34. The second-order valence-corrected chi connectivity index (χ2v) is 7.51. The molecule has 0 spiro atoms. The summed E-state index contributed by atoms with van der Waals surface area (Å²) in [6.45, 7) is 4.08. The fourth-order valence-electron chi connectivity index (χ4n) is 3.25. The minimum Gasteiger partial charge on any atom is -0.493 e. The lowest BCUT2D eigenvalue weighted by atomic mass is 10.2. The van der Waals surface area contributed by atoms with Gasteiger partial charge in [0.25, 0.3) is 5.91 Å². The van der Waals surface area contributed by atoms with Gasteiger partial charge in [0.1, 0.15) is 0 Å². The maximum Gasteiger partial charge on any atom is 0.278 e. The second kappa shape index (κ2) is 7.94. The number of aromatic nitrogens is 2. The summed E-state index contributed by atoms with van der Waals surface area (Å²) in [5.74, 6) is 0.433. The number of thiophene rings is 1. The molecule has 3 aromatic rings. The van der Waals surface area contributed by atoms with E-state index in [2.05, 4.69) is 27.5 Å². The molecule has 0 atom stereocenters. The molecule has 1 aliphatic heterocycles. The topological polar surface area (TPSA) is 50.6 Å². The Bertz CT molecular complexity index is 884. The summed E-state index contributed by atoms with van der Waals surface area (Å²) in [5.41, 5.74) is 1.27. The Morgan fingerprint density at radius 3 is 2.56 bits per heavy atom. The van der Waals surface area contributed by atoms with E-state index in [1.54, 1.807) is 29.3 Å². The van der Waals surface area contributed by atoms with Gasteiger partial charge in [-0.3, -0.25) is 9.69 Å². The lowest BCUT2D eigenvalue weighted by molar-refractivity contribution is 0.0620. The lowest BCUT2D eigenvalue weighted by Crippen LogP contribution is -2.48. The summed E-state index contributed by atoms with van der Waals surface area (Å²) in [4.78, 5) is 18.6. The standard InChI is InChI=1S/C20H22N4O2S/c1-26-18-15-24(16-6-3-2-4-7-16)21-19(18)20(25)23-11-9-22(10-12-23)14-17-8-5-13-27-17/h2-8,13,15H,9-12,14H2,1H3. The minimum atomic E-state index is -0.0719. The van der Waals surface area contributed by atoms with E-state index in [-0.39, 0.29) is 5.91 Å². The van der Waals surface area contributed by atoms with Crippen LogP contribution in [-0.4, -0.2) is 58.8 Å². The predicted molar refractivity (Wildman–Crippen MR) is 106 cm³/mol. The van der Waals surface area contributed by atoms with Gasteiger partial charge in [-0.2, -0.15) is 5.10 Å². The number of rotatable bonds is 5. The molecule has 1 amide bonds. The van der Waals surface area contributed by atoms with Crippen molar-refractivity contribution in [1.82, 2.24) is 19.6 Å². The Morgan fingerprint density at radius 1 is 1.11 bits per heavy atom. The van der Waals surface area contributed by atoms with E-state index in [0.717, 1.165) is 25.3 Å². The molecule has 0 bridgehead atoms. The van der Waals surface area contributed by atoms with Gasteiger partial charge >= 0.3 is 0 Å². The van der Waals surface area contributed by atoms with E-state index in [9.17, 15) is 4.79 Å². The number of ether oxygens (including phenoxy) is 1. The van der Waals surface area contributed by atoms with Crippen LogP contribution in [0, 0.1) is 0 Å². The highest BCUT2D eigenvalue weighted by molar-refractivity contribution is 7.09. The van der Waals surface area contributed by atoms with Gasteiger partial charge in [0, 0.05) is 37.6 Å². The summed E-state index contributed by atoms with van der Waals surface area (Å²) in [7, 11) is 1.57. The number of piperazine rings is 1. The Morgan fingerprint density at radius 2 is 1.89 bits per heavy atom. The third-order valence-electron chi connectivity index (χ3n) is 4.74. The molecule has 0 aliphatic carbocycles. The molecule has 0 saturated carbocycles. The highest BCUT2D eigenvalue weighted by atomic mass is 32.1. The molecule has 1 fully saturated rings.